The lowest BCUT2D eigenvalue weighted by atomic mass is 9.85. The number of quaternary nitrogens is 1. The number of hydrogen-bond donors (Lipinski definition) is 1. The molecular weight excluding hydrogens is 226 g/mol. The lowest BCUT2D eigenvalue weighted by Gasteiger charge is -2.21. The van der Waals surface area contributed by atoms with Crippen LogP contribution in [0.4, 0.5) is 0 Å². The average Bonchev–Trinajstić information content (AvgIpc) is 2.31. The molecule has 0 spiro atoms. The summed E-state index contributed by atoms with van der Waals surface area (Å²) >= 11 is 0. The second kappa shape index (κ2) is 5.53. The van der Waals surface area contributed by atoms with Gasteiger partial charge in [-0.1, -0.05) is 0 Å². The van der Waals surface area contributed by atoms with Gasteiger partial charge in [-0.25, -0.2) is 0 Å². The van der Waals surface area contributed by atoms with E-state index in [0.29, 0.717) is 6.42 Å². The average molecular weight is 249 g/mol. The summed E-state index contributed by atoms with van der Waals surface area (Å²) in [7, 11) is 0. The number of hydrogen-bond acceptors (Lipinski definition) is 2. The molecule has 0 saturated carbocycles. The summed E-state index contributed by atoms with van der Waals surface area (Å²) in [6, 6.07) is 0.0147. The van der Waals surface area contributed by atoms with Gasteiger partial charge in [-0.05, 0) is 68.9 Å². The van der Waals surface area contributed by atoms with E-state index in [1.54, 1.807) is 0 Å². The number of carbonyl (C=O) groups excluding carboxylic acids is 1. The molecule has 3 nitrogen and oxygen atoms in total. The molecule has 0 aliphatic carbocycles. The van der Waals surface area contributed by atoms with Crippen molar-refractivity contribution in [3.05, 3.63) is 33.4 Å². The molecule has 0 amide bonds. The molecule has 0 aromatic heterocycles. The van der Waals surface area contributed by atoms with Crippen LogP contribution in [0, 0.1) is 34.6 Å². The highest BCUT2D eigenvalue weighted by Gasteiger charge is 2.19. The third-order valence-electron chi connectivity index (χ3n) is 4.16. The molecule has 0 saturated heterocycles. The predicted octanol–water partition coefficient (Wildman–Crippen LogP) is 1.04. The standard InChI is InChI=1S/C15H23NO2/c1-8-9(2)11(4)15(12(5)10(8)3)13(16)6-7-14(17)18/h13H,6-7,16H2,1-5H3,(H,17,18)/t13-/m1/s1. The Bertz CT molecular complexity index is 449. The SMILES string of the molecule is Cc1c(C)c(C)c([C@H]([NH3+])CCC(=O)[O-])c(C)c1C. The van der Waals surface area contributed by atoms with Gasteiger partial charge in [0.2, 0.25) is 0 Å². The lowest BCUT2D eigenvalue weighted by Crippen LogP contribution is -2.54. The summed E-state index contributed by atoms with van der Waals surface area (Å²) in [5, 5.41) is 10.6. The molecule has 0 fully saturated rings. The molecule has 0 aliphatic rings. The number of carbonyl (C=O) groups is 1. The molecular formula is C15H23NO2. The van der Waals surface area contributed by atoms with E-state index in [-0.39, 0.29) is 12.5 Å². The summed E-state index contributed by atoms with van der Waals surface area (Å²) in [6.45, 7) is 10.6. The van der Waals surface area contributed by atoms with E-state index < -0.39 is 5.97 Å². The second-order valence-electron chi connectivity index (χ2n) is 5.15. The Morgan fingerprint density at radius 1 is 1.00 bits per heavy atom. The quantitative estimate of drug-likeness (QED) is 0.866. The number of rotatable bonds is 4. The van der Waals surface area contributed by atoms with Gasteiger partial charge in [0.05, 0.1) is 0 Å². The molecule has 1 aromatic carbocycles. The minimum absolute atomic E-state index is 0.0147. The van der Waals surface area contributed by atoms with Crippen molar-refractivity contribution in [2.75, 3.05) is 0 Å². The van der Waals surface area contributed by atoms with Crippen LogP contribution in [0.3, 0.4) is 0 Å². The molecule has 0 bridgehead atoms. The molecule has 1 rings (SSSR count). The highest BCUT2D eigenvalue weighted by atomic mass is 16.4. The zero-order chi connectivity index (χ0) is 14.0. The fourth-order valence-electron chi connectivity index (χ4n) is 2.58. The third-order valence-corrected chi connectivity index (χ3v) is 4.16. The third kappa shape index (κ3) is 2.72. The van der Waals surface area contributed by atoms with Crippen molar-refractivity contribution in [2.45, 2.75) is 53.5 Å². The summed E-state index contributed by atoms with van der Waals surface area (Å²) in [5.41, 5.74) is 11.7. The van der Waals surface area contributed by atoms with Gasteiger partial charge in [0.25, 0.3) is 0 Å². The smallest absolute Gasteiger partial charge is 0.111 e. The van der Waals surface area contributed by atoms with Crippen LogP contribution in [0.5, 0.6) is 0 Å². The Hall–Kier alpha value is -1.35. The maximum absolute atomic E-state index is 10.6. The molecule has 3 heteroatoms. The first-order valence-corrected chi connectivity index (χ1v) is 6.37. The van der Waals surface area contributed by atoms with Crippen LogP contribution in [0.1, 0.15) is 52.3 Å². The highest BCUT2D eigenvalue weighted by molar-refractivity contribution is 5.64. The van der Waals surface area contributed by atoms with E-state index in [1.165, 1.54) is 33.4 Å². The largest absolute Gasteiger partial charge is 0.550 e. The summed E-state index contributed by atoms with van der Waals surface area (Å²) in [5.74, 6) is -1.00. The van der Waals surface area contributed by atoms with Gasteiger partial charge < -0.3 is 15.6 Å². The minimum Gasteiger partial charge on any atom is -0.550 e. The fourth-order valence-corrected chi connectivity index (χ4v) is 2.58. The Balaban J connectivity index is 3.20. The van der Waals surface area contributed by atoms with Gasteiger partial charge in [-0.2, -0.15) is 0 Å². The van der Waals surface area contributed by atoms with Crippen molar-refractivity contribution >= 4 is 5.97 Å². The maximum atomic E-state index is 10.6. The van der Waals surface area contributed by atoms with Crippen LogP contribution in [-0.4, -0.2) is 5.97 Å². The van der Waals surface area contributed by atoms with Crippen LogP contribution < -0.4 is 10.8 Å². The number of aliphatic carboxylic acids is 1. The van der Waals surface area contributed by atoms with Crippen LogP contribution in [0.25, 0.3) is 0 Å². The van der Waals surface area contributed by atoms with E-state index in [9.17, 15) is 9.90 Å². The van der Waals surface area contributed by atoms with Crippen molar-refractivity contribution < 1.29 is 15.6 Å². The summed E-state index contributed by atoms with van der Waals surface area (Å²) < 4.78 is 0. The number of benzene rings is 1. The fraction of sp³-hybridized carbons (Fsp3) is 0.533. The lowest BCUT2D eigenvalue weighted by molar-refractivity contribution is -0.429. The molecule has 18 heavy (non-hydrogen) atoms. The van der Waals surface area contributed by atoms with Crippen LogP contribution in [0.15, 0.2) is 0 Å². The molecule has 1 aromatic rings. The van der Waals surface area contributed by atoms with E-state index in [1.807, 2.05) is 0 Å². The minimum atomic E-state index is -1.00. The van der Waals surface area contributed by atoms with Crippen molar-refractivity contribution in [3.63, 3.8) is 0 Å². The van der Waals surface area contributed by atoms with Gasteiger partial charge >= 0.3 is 0 Å². The summed E-state index contributed by atoms with van der Waals surface area (Å²) in [6.07, 6.45) is 0.602. The van der Waals surface area contributed by atoms with Gasteiger partial charge in [-0.15, -0.1) is 0 Å². The molecule has 1 atom stereocenters. The molecule has 100 valence electrons. The summed E-state index contributed by atoms with van der Waals surface area (Å²) in [4.78, 5) is 10.6. The van der Waals surface area contributed by atoms with Gasteiger partial charge in [0.1, 0.15) is 6.04 Å². The second-order valence-corrected chi connectivity index (χ2v) is 5.15. The van der Waals surface area contributed by atoms with Crippen LogP contribution >= 0.6 is 0 Å². The van der Waals surface area contributed by atoms with E-state index >= 15 is 0 Å². The first kappa shape index (κ1) is 14.7. The first-order chi connectivity index (χ1) is 8.27. The van der Waals surface area contributed by atoms with E-state index in [2.05, 4.69) is 40.4 Å². The van der Waals surface area contributed by atoms with Crippen molar-refractivity contribution in [3.8, 4) is 0 Å². The maximum Gasteiger partial charge on any atom is 0.111 e. The van der Waals surface area contributed by atoms with Crippen LogP contribution in [0.2, 0.25) is 0 Å². The molecule has 0 radical (unpaired) electrons. The van der Waals surface area contributed by atoms with E-state index in [4.69, 9.17) is 0 Å². The predicted molar refractivity (Wildman–Crippen MR) is 70.0 cm³/mol. The first-order valence-electron chi connectivity index (χ1n) is 6.37. The normalized spacial score (nSPS) is 12.6. The van der Waals surface area contributed by atoms with E-state index in [0.717, 1.165) is 0 Å². The Kier molecular flexibility index (Phi) is 4.52. The highest BCUT2D eigenvalue weighted by Crippen LogP contribution is 2.30. The Morgan fingerprint density at radius 3 is 1.78 bits per heavy atom. The van der Waals surface area contributed by atoms with Crippen molar-refractivity contribution in [1.82, 2.24) is 0 Å². The number of carboxylic acids is 1. The van der Waals surface area contributed by atoms with Crippen molar-refractivity contribution in [2.24, 2.45) is 0 Å². The van der Waals surface area contributed by atoms with Gasteiger partial charge in [-0.3, -0.25) is 0 Å². The topological polar surface area (TPSA) is 67.8 Å². The van der Waals surface area contributed by atoms with Crippen molar-refractivity contribution in [1.29, 1.82) is 0 Å². The number of carboxylic acid groups (broad SMARTS) is 1. The zero-order valence-electron chi connectivity index (χ0n) is 12.0. The van der Waals surface area contributed by atoms with Gasteiger partial charge in [0.15, 0.2) is 0 Å². The monoisotopic (exact) mass is 249 g/mol. The zero-order valence-corrected chi connectivity index (χ0v) is 12.0. The Morgan fingerprint density at radius 2 is 1.39 bits per heavy atom. The molecule has 0 unspecified atom stereocenters. The van der Waals surface area contributed by atoms with Crippen LogP contribution in [-0.2, 0) is 4.79 Å². The molecule has 0 aliphatic heterocycles. The molecule has 3 N–H and O–H groups in total. The van der Waals surface area contributed by atoms with Gasteiger partial charge in [0, 0.05) is 18.0 Å². The Labute approximate surface area is 109 Å². The molecule has 0 heterocycles.